The number of aryl methyl sites for hydroxylation is 2. The lowest BCUT2D eigenvalue weighted by Crippen LogP contribution is -2.00. The Bertz CT molecular complexity index is 1060. The van der Waals surface area contributed by atoms with Crippen molar-refractivity contribution in [1.82, 2.24) is 0 Å². The average molecular weight is 394 g/mol. The van der Waals surface area contributed by atoms with Crippen molar-refractivity contribution in [2.24, 2.45) is 4.99 Å². The molecule has 30 heavy (non-hydrogen) atoms. The van der Waals surface area contributed by atoms with Gasteiger partial charge in [0, 0.05) is 12.4 Å². The Morgan fingerprint density at radius 3 is 2.27 bits per heavy atom. The Kier molecular flexibility index (Phi) is 8.31. The van der Waals surface area contributed by atoms with E-state index in [1.54, 1.807) is 6.21 Å². The third-order valence-corrected chi connectivity index (χ3v) is 4.86. The molecule has 0 spiro atoms. The molecule has 2 rings (SSSR count). The highest BCUT2D eigenvalue weighted by Gasteiger charge is 2.16. The highest BCUT2D eigenvalue weighted by atomic mass is 14.7. The van der Waals surface area contributed by atoms with E-state index in [9.17, 15) is 0 Å². The summed E-state index contributed by atoms with van der Waals surface area (Å²) in [5.41, 5.74) is 9.89. The number of benzene rings is 2. The van der Waals surface area contributed by atoms with Crippen LogP contribution in [0.15, 0.2) is 120 Å². The van der Waals surface area contributed by atoms with Crippen molar-refractivity contribution in [3.05, 3.63) is 137 Å². The van der Waals surface area contributed by atoms with Gasteiger partial charge in [0.25, 0.3) is 0 Å². The fraction of sp³-hybridized carbons (Fsp3) is 0.138. The molecule has 0 unspecified atom stereocenters. The van der Waals surface area contributed by atoms with Crippen molar-refractivity contribution in [3.63, 3.8) is 0 Å². The van der Waals surface area contributed by atoms with Gasteiger partial charge in [0.1, 0.15) is 0 Å². The smallest absolute Gasteiger partial charge is 0.0336 e. The first-order valence-electron chi connectivity index (χ1n) is 10.1. The van der Waals surface area contributed by atoms with Crippen molar-refractivity contribution in [2.75, 3.05) is 0 Å². The van der Waals surface area contributed by atoms with Gasteiger partial charge in [0.05, 0.1) is 0 Å². The highest BCUT2D eigenvalue weighted by molar-refractivity contribution is 5.89. The first-order valence-corrected chi connectivity index (χ1v) is 10.1. The predicted octanol–water partition coefficient (Wildman–Crippen LogP) is 7.95. The van der Waals surface area contributed by atoms with Crippen LogP contribution in [0.4, 0.5) is 0 Å². The Hall–Kier alpha value is -3.45. The van der Waals surface area contributed by atoms with Gasteiger partial charge in [-0.25, -0.2) is 0 Å². The maximum atomic E-state index is 4.39. The van der Waals surface area contributed by atoms with Crippen LogP contribution in [0, 0.1) is 13.8 Å². The second-order valence-corrected chi connectivity index (χ2v) is 7.32. The van der Waals surface area contributed by atoms with E-state index < -0.39 is 0 Å². The molecule has 0 N–H and O–H groups in total. The standard InChI is InChI=1S/C29H31N/c1-8-25(20-30-9-2)18-17-24(7)28(21(3)4)29(26-13-11-10-12-14-26)27-19-22(5)15-16-23(27)6/h8-20H,2-3,7H2,1,4-6H3/b18-17+,25-8-,29-28+,30-20?. The summed E-state index contributed by atoms with van der Waals surface area (Å²) in [6.07, 6.45) is 9.36. The van der Waals surface area contributed by atoms with Crippen LogP contribution < -0.4 is 0 Å². The van der Waals surface area contributed by atoms with Gasteiger partial charge in [0.2, 0.25) is 0 Å². The minimum Gasteiger partial charge on any atom is -0.265 e. The maximum Gasteiger partial charge on any atom is 0.0336 e. The molecule has 152 valence electrons. The van der Waals surface area contributed by atoms with E-state index in [1.165, 1.54) is 22.9 Å². The molecule has 0 aliphatic rings. The predicted molar refractivity (Wildman–Crippen MR) is 134 cm³/mol. The van der Waals surface area contributed by atoms with E-state index in [0.717, 1.165) is 33.4 Å². The molecule has 0 radical (unpaired) electrons. The van der Waals surface area contributed by atoms with E-state index in [2.05, 4.69) is 81.0 Å². The first-order chi connectivity index (χ1) is 14.4. The second-order valence-electron chi connectivity index (χ2n) is 7.32. The van der Waals surface area contributed by atoms with Gasteiger partial charge in [-0.2, -0.15) is 0 Å². The summed E-state index contributed by atoms with van der Waals surface area (Å²) in [4.78, 5) is 4.11. The van der Waals surface area contributed by atoms with Crippen LogP contribution in [0.5, 0.6) is 0 Å². The molecule has 0 aliphatic heterocycles. The molecule has 0 saturated heterocycles. The first kappa shape index (κ1) is 22.8. The monoisotopic (exact) mass is 393 g/mol. The topological polar surface area (TPSA) is 12.4 Å². The average Bonchev–Trinajstić information content (AvgIpc) is 2.74. The Morgan fingerprint density at radius 2 is 1.67 bits per heavy atom. The van der Waals surface area contributed by atoms with Crippen LogP contribution >= 0.6 is 0 Å². The molecule has 1 nitrogen and oxygen atoms in total. The molecule has 0 amide bonds. The normalized spacial score (nSPS) is 12.9. The summed E-state index contributed by atoms with van der Waals surface area (Å²) in [6.45, 7) is 20.6. The summed E-state index contributed by atoms with van der Waals surface area (Å²) in [6, 6.07) is 17.0. The number of rotatable bonds is 8. The fourth-order valence-corrected chi connectivity index (χ4v) is 3.33. The van der Waals surface area contributed by atoms with E-state index in [4.69, 9.17) is 0 Å². The van der Waals surface area contributed by atoms with Gasteiger partial charge in [-0.1, -0.05) is 92.1 Å². The van der Waals surface area contributed by atoms with Crippen LogP contribution in [-0.2, 0) is 0 Å². The third-order valence-electron chi connectivity index (χ3n) is 4.86. The molecule has 0 saturated carbocycles. The third kappa shape index (κ3) is 5.78. The summed E-state index contributed by atoms with van der Waals surface area (Å²) >= 11 is 0. The summed E-state index contributed by atoms with van der Waals surface area (Å²) in [5, 5.41) is 0. The summed E-state index contributed by atoms with van der Waals surface area (Å²) in [5.74, 6) is 0. The molecule has 0 bridgehead atoms. The van der Waals surface area contributed by atoms with Crippen molar-refractivity contribution >= 4 is 11.8 Å². The van der Waals surface area contributed by atoms with E-state index >= 15 is 0 Å². The molecular weight excluding hydrogens is 362 g/mol. The minimum atomic E-state index is 0.911. The van der Waals surface area contributed by atoms with E-state index in [0.29, 0.717) is 0 Å². The van der Waals surface area contributed by atoms with Crippen LogP contribution in [0.2, 0.25) is 0 Å². The largest absolute Gasteiger partial charge is 0.265 e. The van der Waals surface area contributed by atoms with Gasteiger partial charge in [-0.3, -0.25) is 4.99 Å². The van der Waals surface area contributed by atoms with E-state index in [-0.39, 0.29) is 0 Å². The number of nitrogens with zero attached hydrogens (tertiary/aromatic N) is 1. The van der Waals surface area contributed by atoms with Gasteiger partial charge in [-0.05, 0) is 72.3 Å². The van der Waals surface area contributed by atoms with E-state index in [1.807, 2.05) is 38.1 Å². The molecule has 0 aliphatic carbocycles. The molecule has 2 aromatic carbocycles. The molecule has 1 heteroatoms. The van der Waals surface area contributed by atoms with Crippen LogP contribution in [0.1, 0.15) is 36.1 Å². The zero-order valence-corrected chi connectivity index (χ0v) is 18.6. The zero-order chi connectivity index (χ0) is 22.1. The number of aliphatic imine (C=N–C) groups is 1. The van der Waals surface area contributed by atoms with Crippen LogP contribution in [0.25, 0.3) is 5.57 Å². The van der Waals surface area contributed by atoms with Gasteiger partial charge in [-0.15, -0.1) is 0 Å². The molecule has 0 fully saturated rings. The van der Waals surface area contributed by atoms with Gasteiger partial charge >= 0.3 is 0 Å². The summed E-state index contributed by atoms with van der Waals surface area (Å²) < 4.78 is 0. The minimum absolute atomic E-state index is 0.911. The van der Waals surface area contributed by atoms with Crippen molar-refractivity contribution in [3.8, 4) is 0 Å². The number of hydrogen-bond donors (Lipinski definition) is 0. The second kappa shape index (κ2) is 10.9. The van der Waals surface area contributed by atoms with Gasteiger partial charge in [0.15, 0.2) is 0 Å². The summed E-state index contributed by atoms with van der Waals surface area (Å²) in [7, 11) is 0. The Labute approximate surface area is 181 Å². The molecule has 0 aromatic heterocycles. The molecule has 0 atom stereocenters. The Morgan fingerprint density at radius 1 is 0.967 bits per heavy atom. The van der Waals surface area contributed by atoms with Crippen molar-refractivity contribution < 1.29 is 0 Å². The maximum absolute atomic E-state index is 4.39. The Balaban J connectivity index is 2.73. The van der Waals surface area contributed by atoms with Crippen molar-refractivity contribution in [1.29, 1.82) is 0 Å². The lowest BCUT2D eigenvalue weighted by atomic mass is 9.84. The quantitative estimate of drug-likeness (QED) is 0.319. The fourth-order valence-electron chi connectivity index (χ4n) is 3.33. The zero-order valence-electron chi connectivity index (χ0n) is 18.6. The van der Waals surface area contributed by atoms with Crippen LogP contribution in [0.3, 0.4) is 0 Å². The molecular formula is C29H31N. The lowest BCUT2D eigenvalue weighted by Gasteiger charge is -2.20. The number of allylic oxidation sites excluding steroid dienone is 7. The number of hydrogen-bond acceptors (Lipinski definition) is 1. The molecule has 2 aromatic rings. The lowest BCUT2D eigenvalue weighted by molar-refractivity contribution is 1.33. The highest BCUT2D eigenvalue weighted by Crippen LogP contribution is 2.36. The SMILES string of the molecule is C=CN=CC(=C\C)/C=C/C(=C)/C(C(=C)C)=C(\c1ccccc1)c1cc(C)ccc1C. The van der Waals surface area contributed by atoms with Crippen LogP contribution in [-0.4, -0.2) is 6.21 Å². The van der Waals surface area contributed by atoms with Gasteiger partial charge < -0.3 is 0 Å². The molecule has 0 heterocycles. The van der Waals surface area contributed by atoms with Crippen molar-refractivity contribution in [2.45, 2.75) is 27.7 Å².